The molecule has 0 saturated carbocycles. The van der Waals surface area contributed by atoms with Gasteiger partial charge in [0.15, 0.2) is 0 Å². The lowest BCUT2D eigenvalue weighted by Crippen LogP contribution is -2.38. The molecule has 5 aromatic carbocycles. The quantitative estimate of drug-likeness (QED) is 0.165. The number of hydrogen-bond donors (Lipinski definition) is 0. The molecule has 0 N–H and O–H groups in total. The number of rotatable bonds is 5. The van der Waals surface area contributed by atoms with Crippen LogP contribution in [0, 0.1) is 6.57 Å². The Labute approximate surface area is 231 Å². The summed E-state index contributed by atoms with van der Waals surface area (Å²) in [5.41, 5.74) is 4.49. The average molecular weight is 518 g/mol. The van der Waals surface area contributed by atoms with Gasteiger partial charge in [0.05, 0.1) is 12.3 Å². The number of aromatic nitrogens is 2. The van der Waals surface area contributed by atoms with Crippen LogP contribution < -0.4 is 0 Å². The Bertz CT molecular complexity index is 1870. The molecular weight excluding hydrogens is 494 g/mol. The molecule has 0 aliphatic rings. The molecule has 0 radical (unpaired) electrons. The number of thiophene rings is 1. The maximum Gasteiger partial charge on any atom is 0.243 e. The van der Waals surface area contributed by atoms with Gasteiger partial charge in [0.25, 0.3) is 0 Å². The van der Waals surface area contributed by atoms with Crippen molar-refractivity contribution in [3.05, 3.63) is 168 Å². The summed E-state index contributed by atoms with van der Waals surface area (Å²) in [7, 11) is 0. The van der Waals surface area contributed by atoms with Crippen LogP contribution in [-0.2, 0) is 5.54 Å². The minimum atomic E-state index is -0.749. The third kappa shape index (κ3) is 3.67. The highest BCUT2D eigenvalue weighted by Gasteiger charge is 2.41. The van der Waals surface area contributed by atoms with Crippen LogP contribution in [0.3, 0.4) is 0 Å². The first-order valence-electron chi connectivity index (χ1n) is 12.9. The molecule has 0 unspecified atom stereocenters. The Morgan fingerprint density at radius 2 is 1.15 bits per heavy atom. The first-order valence-corrected chi connectivity index (χ1v) is 13.7. The van der Waals surface area contributed by atoms with Gasteiger partial charge in [0.1, 0.15) is 10.4 Å². The van der Waals surface area contributed by atoms with Gasteiger partial charge in [-0.25, -0.2) is 9.53 Å². The normalized spacial score (nSPS) is 11.6. The summed E-state index contributed by atoms with van der Waals surface area (Å²) in [5.74, 6) is 0. The molecular formula is C35H23N3S. The van der Waals surface area contributed by atoms with E-state index in [4.69, 9.17) is 11.7 Å². The maximum atomic E-state index is 7.82. The minimum absolute atomic E-state index is 0.654. The van der Waals surface area contributed by atoms with E-state index in [2.05, 4.69) is 125 Å². The van der Waals surface area contributed by atoms with Crippen molar-refractivity contribution >= 4 is 37.3 Å². The SMILES string of the molecule is [C-]#[N+]c1cc2c(-c3ccc4ccccc4c3)nn(C(c3ccccc3)(c3ccccc3)c3ccccc3)c2s1. The van der Waals surface area contributed by atoms with Crippen LogP contribution in [0.15, 0.2) is 140 Å². The molecule has 7 aromatic rings. The van der Waals surface area contributed by atoms with E-state index < -0.39 is 5.54 Å². The van der Waals surface area contributed by atoms with Crippen LogP contribution in [0.5, 0.6) is 0 Å². The topological polar surface area (TPSA) is 22.2 Å². The Morgan fingerprint density at radius 1 is 0.615 bits per heavy atom. The van der Waals surface area contributed by atoms with Gasteiger partial charge in [0, 0.05) is 10.9 Å². The fourth-order valence-electron chi connectivity index (χ4n) is 5.63. The van der Waals surface area contributed by atoms with Gasteiger partial charge in [-0.1, -0.05) is 127 Å². The summed E-state index contributed by atoms with van der Waals surface area (Å²) in [6, 6.07) is 48.5. The molecule has 0 atom stereocenters. The minimum Gasteiger partial charge on any atom is -0.236 e. The fraction of sp³-hybridized carbons (Fsp3) is 0.0286. The van der Waals surface area contributed by atoms with E-state index in [0.717, 1.165) is 38.2 Å². The Balaban J connectivity index is 1.62. The highest BCUT2D eigenvalue weighted by Crippen LogP contribution is 2.47. The van der Waals surface area contributed by atoms with Gasteiger partial charge in [-0.2, -0.15) is 5.10 Å². The van der Waals surface area contributed by atoms with Gasteiger partial charge >= 0.3 is 0 Å². The third-order valence-electron chi connectivity index (χ3n) is 7.37. The maximum absolute atomic E-state index is 7.82. The molecule has 39 heavy (non-hydrogen) atoms. The van der Waals surface area contributed by atoms with Crippen LogP contribution in [0.1, 0.15) is 16.7 Å². The second kappa shape index (κ2) is 9.40. The standard InChI is InChI=1S/C35H23N3S/c1-36-32-24-31-33(27-22-21-25-13-11-12-14-26(25)23-27)37-38(34(31)39-32)35(28-15-5-2-6-16-28,29-17-7-3-8-18-29)30-19-9-4-10-20-30/h2-24H. The van der Waals surface area contributed by atoms with Crippen molar-refractivity contribution in [2.24, 2.45) is 0 Å². The molecule has 0 aliphatic heterocycles. The van der Waals surface area contributed by atoms with E-state index in [1.807, 2.05) is 24.3 Å². The monoisotopic (exact) mass is 517 g/mol. The third-order valence-corrected chi connectivity index (χ3v) is 8.38. The zero-order valence-electron chi connectivity index (χ0n) is 21.0. The molecule has 4 heteroatoms. The van der Waals surface area contributed by atoms with E-state index in [1.54, 1.807) is 0 Å². The lowest BCUT2D eigenvalue weighted by Gasteiger charge is -2.36. The Kier molecular flexibility index (Phi) is 5.58. The summed E-state index contributed by atoms with van der Waals surface area (Å²) in [5, 5.41) is 9.43. The molecule has 2 aromatic heterocycles. The van der Waals surface area contributed by atoms with Crippen molar-refractivity contribution in [3.8, 4) is 11.3 Å². The zero-order valence-corrected chi connectivity index (χ0v) is 21.8. The predicted octanol–water partition coefficient (Wildman–Crippen LogP) is 9.31. The summed E-state index contributed by atoms with van der Waals surface area (Å²) >= 11 is 1.50. The van der Waals surface area contributed by atoms with Crippen LogP contribution >= 0.6 is 11.3 Å². The lowest BCUT2D eigenvalue weighted by molar-refractivity contribution is 0.479. The molecule has 2 heterocycles. The lowest BCUT2D eigenvalue weighted by atomic mass is 9.77. The van der Waals surface area contributed by atoms with Crippen molar-refractivity contribution in [2.45, 2.75) is 5.54 Å². The Hall–Kier alpha value is -4.98. The first kappa shape index (κ1) is 23.2. The summed E-state index contributed by atoms with van der Waals surface area (Å²) < 4.78 is 2.16. The van der Waals surface area contributed by atoms with Crippen LogP contribution in [0.2, 0.25) is 0 Å². The van der Waals surface area contributed by atoms with Crippen LogP contribution in [0.25, 0.3) is 37.1 Å². The van der Waals surface area contributed by atoms with Crippen molar-refractivity contribution in [2.75, 3.05) is 0 Å². The summed E-state index contributed by atoms with van der Waals surface area (Å²) in [6.07, 6.45) is 0. The van der Waals surface area contributed by atoms with E-state index in [9.17, 15) is 0 Å². The fourth-order valence-corrected chi connectivity index (χ4v) is 6.58. The molecule has 184 valence electrons. The van der Waals surface area contributed by atoms with Gasteiger partial charge in [0.2, 0.25) is 5.00 Å². The number of nitrogens with zero attached hydrogens (tertiary/aromatic N) is 3. The first-order chi connectivity index (χ1) is 19.3. The van der Waals surface area contributed by atoms with Crippen LogP contribution in [0.4, 0.5) is 5.00 Å². The molecule has 0 spiro atoms. The second-order valence-electron chi connectivity index (χ2n) is 9.55. The highest BCUT2D eigenvalue weighted by molar-refractivity contribution is 7.22. The van der Waals surface area contributed by atoms with Crippen molar-refractivity contribution in [3.63, 3.8) is 0 Å². The molecule has 0 saturated heterocycles. The predicted molar refractivity (Wildman–Crippen MR) is 161 cm³/mol. The number of fused-ring (bicyclic) bond motifs is 2. The van der Waals surface area contributed by atoms with Gasteiger partial charge < -0.3 is 0 Å². The molecule has 0 amide bonds. The summed E-state index contributed by atoms with van der Waals surface area (Å²) in [6.45, 7) is 7.82. The van der Waals surface area contributed by atoms with Crippen molar-refractivity contribution < 1.29 is 0 Å². The highest BCUT2D eigenvalue weighted by atomic mass is 32.1. The van der Waals surface area contributed by atoms with E-state index in [-0.39, 0.29) is 0 Å². The second-order valence-corrected chi connectivity index (χ2v) is 10.6. The summed E-state index contributed by atoms with van der Waals surface area (Å²) in [4.78, 5) is 4.81. The van der Waals surface area contributed by atoms with Gasteiger partial charge in [-0.05, 0) is 39.6 Å². The molecule has 3 nitrogen and oxygen atoms in total. The molecule has 7 rings (SSSR count). The van der Waals surface area contributed by atoms with Crippen molar-refractivity contribution in [1.29, 1.82) is 0 Å². The van der Waals surface area contributed by atoms with Gasteiger partial charge in [-0.3, -0.25) is 0 Å². The van der Waals surface area contributed by atoms with E-state index in [1.165, 1.54) is 22.1 Å². The smallest absolute Gasteiger partial charge is 0.236 e. The Morgan fingerprint density at radius 3 is 1.72 bits per heavy atom. The van der Waals surface area contributed by atoms with E-state index >= 15 is 0 Å². The van der Waals surface area contributed by atoms with E-state index in [0.29, 0.717) is 5.00 Å². The molecule has 0 bridgehead atoms. The zero-order chi connectivity index (χ0) is 26.2. The molecule has 0 fully saturated rings. The van der Waals surface area contributed by atoms with Crippen molar-refractivity contribution in [1.82, 2.24) is 9.78 Å². The van der Waals surface area contributed by atoms with Gasteiger partial charge in [-0.15, -0.1) is 11.3 Å². The number of hydrogen-bond acceptors (Lipinski definition) is 2. The molecule has 0 aliphatic carbocycles. The number of benzene rings is 5. The van der Waals surface area contributed by atoms with Crippen LogP contribution in [-0.4, -0.2) is 9.78 Å². The average Bonchev–Trinajstić information content (AvgIpc) is 3.59. The largest absolute Gasteiger partial charge is 0.243 e.